The van der Waals surface area contributed by atoms with Crippen LogP contribution in [0.2, 0.25) is 0 Å². The second-order valence-corrected chi connectivity index (χ2v) is 49.2. The fourth-order valence-electron chi connectivity index (χ4n) is 19.0. The normalized spacial score (nSPS) is 22.2. The number of rotatable bonds is 37. The number of carboxylic acids is 1. The lowest BCUT2D eigenvalue weighted by Gasteiger charge is -2.58. The van der Waals surface area contributed by atoms with Crippen molar-refractivity contribution in [3.05, 3.63) is 119 Å². The van der Waals surface area contributed by atoms with Crippen LogP contribution in [-0.4, -0.2) is 132 Å². The third kappa shape index (κ3) is 44.3. The van der Waals surface area contributed by atoms with Gasteiger partial charge in [-0.3, -0.25) is 28.8 Å². The number of carbonyl (C=O) groups is 7. The number of methoxy groups -OCH3 is 1. The smallest absolute Gasteiger partial charge is 0.346 e. The van der Waals surface area contributed by atoms with Crippen molar-refractivity contribution in [2.75, 3.05) is 13.7 Å². The first-order valence-electron chi connectivity index (χ1n) is 55.7. The standard InChI is InChI=1S/C22H36O2.C20H32O5.C18H34O3.C14H20O4.C13H26O3.3C10H14O.C6H12O2/c1-6-17(2)18-12-14-20(15-13-18)24-21(16-22(3,4)5)23-19-10-8-7-9-11-19;1-5-19(2,3)17(22)24-12-16(21)25-18(23-4)20-9-13-6-14(10-20)8-15(7-13)11-20;1-7-18(5,6)16(19)21-15(13-17(2,3)4)20-14-11-9-8-10-12-14;1-4-14(2,3)13(16)18-10-7-5-8-9(6-7)12(15)17-11(8)10;1-8-13(6,7)12(14)16-11(9(2)3)15-10(4)5;3*1-3-8(2)9-4-6-10(11)7-5-9;1-4-6(2,3)5(7)8/h12-15,17,19,21H,6-11,16H2,1-5H3;13-15,18H,5-12H2,1-4H3;14-15H,7-13H2,1-6H3;7-11H,4-6H2,1-3H3;9-11H,8H2,1-7H3;3*4-8,11H,3H2,1-2H3;4H2,1-3H3,(H,7,8). The van der Waals surface area contributed by atoms with E-state index in [0.717, 1.165) is 126 Å². The first-order chi connectivity index (χ1) is 67.6. The van der Waals surface area contributed by atoms with E-state index < -0.39 is 57.9 Å². The van der Waals surface area contributed by atoms with Crippen molar-refractivity contribution in [2.45, 2.75) is 494 Å². The lowest BCUT2D eigenvalue weighted by molar-refractivity contribution is -0.238. The van der Waals surface area contributed by atoms with Gasteiger partial charge in [0.05, 0.1) is 51.3 Å². The quantitative estimate of drug-likeness (QED) is 0.0185. The molecule has 0 amide bonds. The van der Waals surface area contributed by atoms with Gasteiger partial charge in [-0.25, -0.2) is 4.79 Å². The zero-order valence-corrected chi connectivity index (χ0v) is 96.6. The molecule has 4 aromatic rings. The number of esters is 6. The highest BCUT2D eigenvalue weighted by Gasteiger charge is 2.64. The highest BCUT2D eigenvalue weighted by molar-refractivity contribution is 5.80. The number of carbonyl (C=O) groups excluding carboxylic acids is 6. The maximum absolute atomic E-state index is 12.3. The van der Waals surface area contributed by atoms with Gasteiger partial charge in [-0.1, -0.05) is 232 Å². The maximum atomic E-state index is 12.3. The van der Waals surface area contributed by atoms with Crippen LogP contribution in [0, 0.1) is 84.7 Å². The van der Waals surface area contributed by atoms with Gasteiger partial charge in [0.15, 0.2) is 6.61 Å². The second kappa shape index (κ2) is 60.9. The summed E-state index contributed by atoms with van der Waals surface area (Å²) in [6.45, 7) is 66.5. The zero-order valence-electron chi connectivity index (χ0n) is 96.6. The van der Waals surface area contributed by atoms with Crippen LogP contribution in [0.5, 0.6) is 23.0 Å². The minimum absolute atomic E-state index is 0.0359. The highest BCUT2D eigenvalue weighted by atomic mass is 16.7. The van der Waals surface area contributed by atoms with E-state index in [1.54, 1.807) is 57.4 Å². The third-order valence-corrected chi connectivity index (χ3v) is 31.5. The summed E-state index contributed by atoms with van der Waals surface area (Å²) in [6.07, 6.45) is 29.9. The van der Waals surface area contributed by atoms with E-state index >= 15 is 0 Å². The van der Waals surface area contributed by atoms with E-state index in [2.05, 4.69) is 121 Å². The van der Waals surface area contributed by atoms with E-state index in [1.807, 2.05) is 154 Å². The fraction of sp³-hybridized carbons (Fsp3) is 0.748. The monoisotopic (exact) mass is 2030 g/mol. The molecule has 9 fully saturated rings. The van der Waals surface area contributed by atoms with Crippen LogP contribution in [0.25, 0.3) is 0 Å². The average Bonchev–Trinajstić information content (AvgIpc) is 1.57. The summed E-state index contributed by atoms with van der Waals surface area (Å²) in [5.41, 5.74) is 3.05. The number of aromatic hydroxyl groups is 3. The molecule has 13 rings (SSSR count). The van der Waals surface area contributed by atoms with Gasteiger partial charge < -0.3 is 72.5 Å². The Balaban J connectivity index is 0.000000347. The van der Waals surface area contributed by atoms with Crippen LogP contribution >= 0.6 is 0 Å². The first kappa shape index (κ1) is 129. The van der Waals surface area contributed by atoms with Crippen molar-refractivity contribution in [3.8, 4) is 23.0 Å². The molecule has 13 atom stereocenters. The summed E-state index contributed by atoms with van der Waals surface area (Å²) in [4.78, 5) is 82.5. The van der Waals surface area contributed by atoms with Gasteiger partial charge in [-0.2, -0.15) is 0 Å². The molecule has 1 heterocycles. The van der Waals surface area contributed by atoms with Crippen molar-refractivity contribution < 1.29 is 106 Å². The number of hydrogen-bond acceptors (Lipinski definition) is 21. The Hall–Kier alpha value is -7.79. The predicted octanol–water partition coefficient (Wildman–Crippen LogP) is 31.0. The van der Waals surface area contributed by atoms with Crippen LogP contribution in [0.3, 0.4) is 0 Å². The van der Waals surface area contributed by atoms with Gasteiger partial charge in [-0.05, 0) is 341 Å². The number of phenols is 3. The minimum atomic E-state index is -0.722. The van der Waals surface area contributed by atoms with Gasteiger partial charge in [0.1, 0.15) is 35.2 Å². The molecule has 1 saturated heterocycles. The molecule has 8 saturated carbocycles. The van der Waals surface area contributed by atoms with E-state index in [-0.39, 0.29) is 95.2 Å². The summed E-state index contributed by atoms with van der Waals surface area (Å²) in [5, 5.41) is 35.5. The van der Waals surface area contributed by atoms with Crippen LogP contribution in [0.15, 0.2) is 97.1 Å². The van der Waals surface area contributed by atoms with Crippen molar-refractivity contribution in [1.82, 2.24) is 0 Å². The average molecular weight is 2030 g/mol. The molecule has 13 unspecified atom stereocenters. The number of benzene rings is 4. The van der Waals surface area contributed by atoms with Crippen LogP contribution in [-0.2, 0) is 80.9 Å². The van der Waals surface area contributed by atoms with Gasteiger partial charge in [0, 0.05) is 43.1 Å². The lowest BCUT2D eigenvalue weighted by atomic mass is 9.49. The molecule has 145 heavy (non-hydrogen) atoms. The Morgan fingerprint density at radius 3 is 1.12 bits per heavy atom. The van der Waals surface area contributed by atoms with E-state index in [9.17, 15) is 33.6 Å². The number of fused-ring (bicyclic) bond motifs is 1. The predicted molar refractivity (Wildman–Crippen MR) is 581 cm³/mol. The van der Waals surface area contributed by atoms with E-state index in [1.165, 1.54) is 92.9 Å². The first-order valence-corrected chi connectivity index (χ1v) is 55.7. The summed E-state index contributed by atoms with van der Waals surface area (Å²) in [6, 6.07) is 30.9. The molecular weight excluding hydrogens is 1830 g/mol. The minimum Gasteiger partial charge on any atom is -0.508 e. The van der Waals surface area contributed by atoms with Gasteiger partial charge in [-0.15, -0.1) is 0 Å². The lowest BCUT2D eigenvalue weighted by Crippen LogP contribution is -2.53. The topological polar surface area (TPSA) is 302 Å². The third-order valence-electron chi connectivity index (χ3n) is 31.5. The Bertz CT molecular complexity index is 4220. The van der Waals surface area contributed by atoms with Gasteiger partial charge >= 0.3 is 41.8 Å². The largest absolute Gasteiger partial charge is 0.508 e. The molecule has 4 aromatic carbocycles. The van der Waals surface area contributed by atoms with Crippen molar-refractivity contribution in [3.63, 3.8) is 0 Å². The SMILES string of the molecule is CCC(C)(C)C(=O)O.CCC(C)(C)C(=O)OC(CC(C)(C)C)OC1CCCCC1.CCC(C)(C)C(=O)OC(OC(C)C)C(C)C.CCC(C)(C)C(=O)OC1C2CC3C(=O)OC1C3C2.CCC(C)(C)C(=O)OCC(=O)OC(OC)C12CC3CC(CC(C3)C1)C2.CCC(C)c1ccc(O)cc1.CCC(C)c1ccc(O)cc1.CCC(C)c1ccc(O)cc1.CCC(C)c1ccc(OC(CC(C)(C)C)OC2CCCCC2)cc1. The number of carboxylic acid groups (broad SMARTS) is 1. The number of phenolic OH excluding ortho intramolecular Hbond substituents is 3. The summed E-state index contributed by atoms with van der Waals surface area (Å²) < 4.78 is 62.9. The molecule has 4 N–H and O–H groups in total. The molecule has 0 aromatic heterocycles. The highest BCUT2D eigenvalue weighted by Crippen LogP contribution is 2.62. The maximum Gasteiger partial charge on any atom is 0.346 e. The summed E-state index contributed by atoms with van der Waals surface area (Å²) >= 11 is 0. The Morgan fingerprint density at radius 1 is 0.428 bits per heavy atom. The van der Waals surface area contributed by atoms with Crippen LogP contribution < -0.4 is 4.74 Å². The fourth-order valence-corrected chi connectivity index (χ4v) is 19.0. The van der Waals surface area contributed by atoms with Crippen LogP contribution in [0.1, 0.15) is 461 Å². The van der Waals surface area contributed by atoms with Crippen molar-refractivity contribution in [1.29, 1.82) is 0 Å². The summed E-state index contributed by atoms with van der Waals surface area (Å²) in [5.74, 6) is 5.29. The molecular formula is C123H202O22. The van der Waals surface area contributed by atoms with Gasteiger partial charge in [0.25, 0.3) is 0 Å². The van der Waals surface area contributed by atoms with Gasteiger partial charge in [0.2, 0.25) is 25.2 Å². The molecule has 0 radical (unpaired) electrons. The molecule has 22 nitrogen and oxygen atoms in total. The van der Waals surface area contributed by atoms with Crippen LogP contribution in [0.4, 0.5) is 0 Å². The molecule has 6 bridgehead atoms. The molecule has 9 aliphatic rings. The molecule has 1 aliphatic heterocycles. The van der Waals surface area contributed by atoms with E-state index in [4.69, 9.17) is 72.5 Å². The summed E-state index contributed by atoms with van der Waals surface area (Å²) in [7, 11) is 1.61. The number of aliphatic carboxylic acids is 1. The number of ether oxygens (including phenoxy) is 11. The molecule has 0 spiro atoms. The zero-order chi connectivity index (χ0) is 110. The number of hydrogen-bond donors (Lipinski definition) is 4. The Labute approximate surface area is 877 Å². The molecule has 8 aliphatic carbocycles. The van der Waals surface area contributed by atoms with Crippen molar-refractivity contribution in [2.24, 2.45) is 84.7 Å². The Morgan fingerprint density at radius 2 is 0.779 bits per heavy atom. The van der Waals surface area contributed by atoms with Crippen molar-refractivity contribution >= 4 is 41.8 Å². The van der Waals surface area contributed by atoms with E-state index in [0.29, 0.717) is 71.7 Å². The molecule has 22 heteroatoms. The molecule has 826 valence electrons. The Kier molecular flexibility index (Phi) is 54.4. The second-order valence-electron chi connectivity index (χ2n) is 49.2.